The second kappa shape index (κ2) is 9.05. The zero-order valence-electron chi connectivity index (χ0n) is 13.3. The number of rotatable bonds is 7. The normalized spacial score (nSPS) is 11.6. The van der Waals surface area contributed by atoms with Crippen LogP contribution >= 0.6 is 11.3 Å². The van der Waals surface area contributed by atoms with Crippen molar-refractivity contribution < 1.29 is 19.4 Å². The predicted molar refractivity (Wildman–Crippen MR) is 93.1 cm³/mol. The Hall–Kier alpha value is -2.38. The van der Waals surface area contributed by atoms with Crippen LogP contribution in [0.4, 0.5) is 5.69 Å². The number of aliphatic hydroxyl groups is 1. The molecule has 6 nitrogen and oxygen atoms in total. The van der Waals surface area contributed by atoms with Gasteiger partial charge in [-0.25, -0.2) is 0 Å². The first-order valence-corrected chi connectivity index (χ1v) is 8.51. The highest BCUT2D eigenvalue weighted by Gasteiger charge is 2.15. The van der Waals surface area contributed by atoms with Gasteiger partial charge in [0.25, 0.3) is 0 Å². The highest BCUT2D eigenvalue weighted by atomic mass is 32.1. The van der Waals surface area contributed by atoms with E-state index in [4.69, 9.17) is 4.74 Å². The molecule has 0 saturated carbocycles. The van der Waals surface area contributed by atoms with Crippen molar-refractivity contribution in [3.05, 3.63) is 46.7 Å². The molecule has 128 valence electrons. The molecule has 0 saturated heterocycles. The molecule has 2 aromatic rings. The summed E-state index contributed by atoms with van der Waals surface area (Å²) in [6, 6.07) is 10.4. The molecule has 0 spiro atoms. The van der Waals surface area contributed by atoms with Crippen LogP contribution in [0.25, 0.3) is 0 Å². The number of carbonyl (C=O) groups is 2. The molecule has 1 aromatic carbocycles. The van der Waals surface area contributed by atoms with Crippen LogP contribution in [0.15, 0.2) is 41.8 Å². The molecule has 2 rings (SSSR count). The van der Waals surface area contributed by atoms with Crippen LogP contribution in [0.3, 0.4) is 0 Å². The van der Waals surface area contributed by atoms with Gasteiger partial charge in [0.05, 0.1) is 12.7 Å². The third-order valence-corrected chi connectivity index (χ3v) is 4.18. The SMILES string of the molecule is CCOc1ccc(NC(=O)C(=O)NCC[C@H](O)c2cccs2)cc1. The van der Waals surface area contributed by atoms with Crippen LogP contribution in [0, 0.1) is 0 Å². The summed E-state index contributed by atoms with van der Waals surface area (Å²) in [5, 5.41) is 16.8. The van der Waals surface area contributed by atoms with Crippen LogP contribution in [0.2, 0.25) is 0 Å². The molecule has 7 heteroatoms. The smallest absolute Gasteiger partial charge is 0.313 e. The Morgan fingerprint density at radius 2 is 1.96 bits per heavy atom. The maximum Gasteiger partial charge on any atom is 0.313 e. The van der Waals surface area contributed by atoms with Crippen molar-refractivity contribution in [2.75, 3.05) is 18.5 Å². The van der Waals surface area contributed by atoms with Crippen molar-refractivity contribution in [3.8, 4) is 5.75 Å². The van der Waals surface area contributed by atoms with Gasteiger partial charge in [0.15, 0.2) is 0 Å². The number of thiophene rings is 1. The number of hydrogen-bond donors (Lipinski definition) is 3. The van der Waals surface area contributed by atoms with Crippen LogP contribution in [-0.2, 0) is 9.59 Å². The van der Waals surface area contributed by atoms with E-state index in [0.29, 0.717) is 24.5 Å². The average molecular weight is 348 g/mol. The summed E-state index contributed by atoms with van der Waals surface area (Å²) in [5.74, 6) is -0.783. The summed E-state index contributed by atoms with van der Waals surface area (Å²) < 4.78 is 5.30. The molecule has 0 bridgehead atoms. The first-order valence-electron chi connectivity index (χ1n) is 7.63. The number of ether oxygens (including phenoxy) is 1. The summed E-state index contributed by atoms with van der Waals surface area (Å²) in [7, 11) is 0. The molecule has 0 radical (unpaired) electrons. The van der Waals surface area contributed by atoms with Crippen molar-refractivity contribution in [3.63, 3.8) is 0 Å². The summed E-state index contributed by atoms with van der Waals surface area (Å²) in [5.41, 5.74) is 0.511. The Bertz CT molecular complexity index is 656. The van der Waals surface area contributed by atoms with E-state index in [1.165, 1.54) is 11.3 Å². The number of aliphatic hydroxyl groups excluding tert-OH is 1. The minimum atomic E-state index is -0.746. The molecule has 0 aliphatic rings. The van der Waals surface area contributed by atoms with Crippen LogP contribution in [0.5, 0.6) is 5.75 Å². The number of anilines is 1. The average Bonchev–Trinajstić information content (AvgIpc) is 3.11. The fourth-order valence-electron chi connectivity index (χ4n) is 2.01. The van der Waals surface area contributed by atoms with Gasteiger partial charge in [-0.3, -0.25) is 9.59 Å². The van der Waals surface area contributed by atoms with Crippen molar-refractivity contribution in [2.24, 2.45) is 0 Å². The first-order chi connectivity index (χ1) is 11.6. The van der Waals surface area contributed by atoms with Crippen molar-refractivity contribution in [1.29, 1.82) is 0 Å². The lowest BCUT2D eigenvalue weighted by Gasteiger charge is -2.10. The molecule has 24 heavy (non-hydrogen) atoms. The van der Waals surface area contributed by atoms with Crippen molar-refractivity contribution in [1.82, 2.24) is 5.32 Å². The van der Waals surface area contributed by atoms with Crippen LogP contribution in [0.1, 0.15) is 24.3 Å². The first kappa shape index (κ1) is 18.0. The third kappa shape index (κ3) is 5.36. The minimum Gasteiger partial charge on any atom is -0.494 e. The lowest BCUT2D eigenvalue weighted by Crippen LogP contribution is -2.36. The maximum atomic E-state index is 11.8. The highest BCUT2D eigenvalue weighted by molar-refractivity contribution is 7.10. The monoisotopic (exact) mass is 348 g/mol. The molecule has 0 fully saturated rings. The Morgan fingerprint density at radius 3 is 2.58 bits per heavy atom. The van der Waals surface area contributed by atoms with E-state index in [-0.39, 0.29) is 6.54 Å². The van der Waals surface area contributed by atoms with Crippen LogP contribution in [-0.4, -0.2) is 30.1 Å². The Kier molecular flexibility index (Phi) is 6.77. The zero-order chi connectivity index (χ0) is 17.4. The largest absolute Gasteiger partial charge is 0.494 e. The standard InChI is InChI=1S/C17H20N2O4S/c1-2-23-13-7-5-12(6-8-13)19-17(22)16(21)18-10-9-14(20)15-4-3-11-24-15/h3-8,11,14,20H,2,9-10H2,1H3,(H,18,21)(H,19,22)/t14-/m0/s1. The molecule has 0 aliphatic carbocycles. The summed E-state index contributed by atoms with van der Waals surface area (Å²) >= 11 is 1.45. The van der Waals surface area contributed by atoms with E-state index in [2.05, 4.69) is 10.6 Å². The van der Waals surface area contributed by atoms with Gasteiger partial charge >= 0.3 is 11.8 Å². The lowest BCUT2D eigenvalue weighted by atomic mass is 10.2. The number of nitrogens with one attached hydrogen (secondary N) is 2. The van der Waals surface area contributed by atoms with Gasteiger partial charge in [-0.15, -0.1) is 11.3 Å². The molecule has 1 atom stereocenters. The van der Waals surface area contributed by atoms with Gasteiger partial charge in [0.1, 0.15) is 5.75 Å². The molecular weight excluding hydrogens is 328 g/mol. The molecule has 0 aliphatic heterocycles. The predicted octanol–water partition coefficient (Wildman–Crippen LogP) is 2.33. The highest BCUT2D eigenvalue weighted by Crippen LogP contribution is 2.21. The molecule has 1 aromatic heterocycles. The summed E-state index contributed by atoms with van der Waals surface area (Å²) in [4.78, 5) is 24.4. The number of hydrogen-bond acceptors (Lipinski definition) is 5. The van der Waals surface area contributed by atoms with E-state index in [0.717, 1.165) is 4.88 Å². The molecule has 3 N–H and O–H groups in total. The fraction of sp³-hybridized carbons (Fsp3) is 0.294. The Labute approximate surface area is 144 Å². The molecule has 2 amide bonds. The minimum absolute atomic E-state index is 0.217. The van der Waals surface area contributed by atoms with Gasteiger partial charge in [-0.05, 0) is 49.1 Å². The van der Waals surface area contributed by atoms with Gasteiger partial charge in [0, 0.05) is 17.1 Å². The molecule has 0 unspecified atom stereocenters. The summed E-state index contributed by atoms with van der Waals surface area (Å²) in [6.45, 7) is 2.66. The van der Waals surface area contributed by atoms with E-state index in [9.17, 15) is 14.7 Å². The van der Waals surface area contributed by atoms with Crippen molar-refractivity contribution in [2.45, 2.75) is 19.4 Å². The van der Waals surface area contributed by atoms with Crippen LogP contribution < -0.4 is 15.4 Å². The van der Waals surface area contributed by atoms with Gasteiger partial charge in [-0.2, -0.15) is 0 Å². The number of amides is 2. The van der Waals surface area contributed by atoms with E-state index >= 15 is 0 Å². The van der Waals surface area contributed by atoms with Crippen molar-refractivity contribution >= 4 is 28.8 Å². The topological polar surface area (TPSA) is 87.7 Å². The van der Waals surface area contributed by atoms with E-state index < -0.39 is 17.9 Å². The lowest BCUT2D eigenvalue weighted by molar-refractivity contribution is -0.136. The molecule has 1 heterocycles. The maximum absolute atomic E-state index is 11.8. The quantitative estimate of drug-likeness (QED) is 0.670. The van der Waals surface area contributed by atoms with E-state index in [1.807, 2.05) is 24.4 Å². The number of benzene rings is 1. The van der Waals surface area contributed by atoms with E-state index in [1.54, 1.807) is 24.3 Å². The van der Waals surface area contributed by atoms with Gasteiger partial charge in [-0.1, -0.05) is 6.07 Å². The zero-order valence-corrected chi connectivity index (χ0v) is 14.1. The fourth-order valence-corrected chi connectivity index (χ4v) is 2.76. The summed E-state index contributed by atoms with van der Waals surface area (Å²) in [6.07, 6.45) is -0.290. The second-order valence-electron chi connectivity index (χ2n) is 4.99. The van der Waals surface area contributed by atoms with Gasteiger partial charge < -0.3 is 20.5 Å². The van der Waals surface area contributed by atoms with Gasteiger partial charge in [0.2, 0.25) is 0 Å². The Morgan fingerprint density at radius 1 is 1.21 bits per heavy atom. The second-order valence-corrected chi connectivity index (χ2v) is 5.97. The Balaban J connectivity index is 1.74. The third-order valence-electron chi connectivity index (χ3n) is 3.20. The molecular formula is C17H20N2O4S. The number of carbonyl (C=O) groups excluding carboxylic acids is 2.